The molecule has 2 aromatic carbocycles. The van der Waals surface area contributed by atoms with Crippen molar-refractivity contribution in [1.82, 2.24) is 0 Å². The van der Waals surface area contributed by atoms with E-state index in [9.17, 15) is 32.3 Å². The lowest BCUT2D eigenvalue weighted by Crippen LogP contribution is -2.27. The van der Waals surface area contributed by atoms with Crippen molar-refractivity contribution in [2.45, 2.75) is 19.0 Å². The molecule has 0 saturated carbocycles. The van der Waals surface area contributed by atoms with Gasteiger partial charge >= 0.3 is 12.1 Å². The van der Waals surface area contributed by atoms with Crippen LogP contribution in [0.25, 0.3) is 0 Å². The minimum absolute atomic E-state index is 0.0526. The monoisotopic (exact) mass is 475 g/mol. The van der Waals surface area contributed by atoms with Crippen molar-refractivity contribution in [2.75, 3.05) is 28.7 Å². The second kappa shape index (κ2) is 10.6. The van der Waals surface area contributed by atoms with Gasteiger partial charge in [0, 0.05) is 25.2 Å². The van der Waals surface area contributed by atoms with Gasteiger partial charge in [-0.25, -0.2) is 4.79 Å². The largest absolute Gasteiger partial charge is 0.454 e. The molecule has 0 radical (unpaired) electrons. The van der Waals surface area contributed by atoms with E-state index in [2.05, 4.69) is 10.6 Å². The van der Waals surface area contributed by atoms with Crippen LogP contribution in [0.3, 0.4) is 0 Å². The van der Waals surface area contributed by atoms with E-state index in [-0.39, 0.29) is 23.2 Å². The van der Waals surface area contributed by atoms with Crippen LogP contribution in [-0.4, -0.2) is 42.9 Å². The van der Waals surface area contributed by atoms with Crippen LogP contribution >= 0.6 is 0 Å². The van der Waals surface area contributed by atoms with Crippen molar-refractivity contribution in [3.8, 4) is 0 Å². The van der Waals surface area contributed by atoms with Gasteiger partial charge in [0.1, 0.15) is 0 Å². The number of nitrogens with one attached hydrogen (secondary N) is 2. The minimum atomic E-state index is -5.01. The van der Waals surface area contributed by atoms with Crippen LogP contribution in [-0.2, 0) is 19.1 Å². The maximum absolute atomic E-state index is 12.4. The summed E-state index contributed by atoms with van der Waals surface area (Å²) < 4.78 is 41.9. The number of benzene rings is 2. The van der Waals surface area contributed by atoms with E-state index in [0.29, 0.717) is 30.8 Å². The first kappa shape index (κ1) is 24.5. The Kier molecular flexibility index (Phi) is 7.67. The van der Waals surface area contributed by atoms with E-state index in [4.69, 9.17) is 4.74 Å². The Bertz CT molecular complexity index is 1130. The van der Waals surface area contributed by atoms with Gasteiger partial charge in [0.05, 0.1) is 22.6 Å². The van der Waals surface area contributed by atoms with Gasteiger partial charge < -0.3 is 20.3 Å². The van der Waals surface area contributed by atoms with Crippen molar-refractivity contribution in [3.05, 3.63) is 66.4 Å². The van der Waals surface area contributed by atoms with Gasteiger partial charge in [0.15, 0.2) is 6.61 Å². The fraction of sp³-hybridized carbons (Fsp3) is 0.217. The number of ketones is 1. The lowest BCUT2D eigenvalue weighted by Gasteiger charge is -2.20. The zero-order valence-electron chi connectivity index (χ0n) is 17.7. The zero-order valence-corrected chi connectivity index (χ0v) is 17.7. The number of anilines is 3. The standard InChI is InChI=1S/C23H20F3N3O5/c24-23(25,26)19(30)11-12-27-16-7-2-1-6-15(16)22(33)34-14-20(31)28-17-8-3-4-9-18(17)29-13-5-10-21(29)32/h1-4,6-9,11-12,27H,5,10,13-14H2,(H,28,31)/b12-11+. The Balaban J connectivity index is 1.61. The maximum atomic E-state index is 12.4. The van der Waals surface area contributed by atoms with Crippen molar-refractivity contribution < 1.29 is 37.1 Å². The number of amides is 2. The molecule has 34 heavy (non-hydrogen) atoms. The first-order valence-electron chi connectivity index (χ1n) is 10.2. The van der Waals surface area contributed by atoms with Gasteiger partial charge in [0.2, 0.25) is 5.91 Å². The molecule has 8 nitrogen and oxygen atoms in total. The highest BCUT2D eigenvalue weighted by molar-refractivity contribution is 6.03. The first-order chi connectivity index (χ1) is 16.2. The molecule has 0 aliphatic carbocycles. The number of carbonyl (C=O) groups excluding carboxylic acids is 4. The molecule has 3 rings (SSSR count). The number of nitrogens with zero attached hydrogens (tertiary/aromatic N) is 1. The smallest absolute Gasteiger partial charge is 0.452 e. The number of hydrogen-bond acceptors (Lipinski definition) is 6. The average Bonchev–Trinajstić information content (AvgIpc) is 3.23. The van der Waals surface area contributed by atoms with Gasteiger partial charge in [-0.3, -0.25) is 14.4 Å². The summed E-state index contributed by atoms with van der Waals surface area (Å²) in [5.74, 6) is -3.67. The summed E-state index contributed by atoms with van der Waals surface area (Å²) in [6.07, 6.45) is -2.83. The summed E-state index contributed by atoms with van der Waals surface area (Å²) >= 11 is 0. The fourth-order valence-corrected chi connectivity index (χ4v) is 3.20. The van der Waals surface area contributed by atoms with Crippen molar-refractivity contribution in [2.24, 2.45) is 0 Å². The molecule has 1 aliphatic rings. The van der Waals surface area contributed by atoms with Crippen LogP contribution in [0.5, 0.6) is 0 Å². The van der Waals surface area contributed by atoms with E-state index in [1.54, 1.807) is 29.2 Å². The van der Waals surface area contributed by atoms with Crippen LogP contribution in [0.15, 0.2) is 60.8 Å². The highest BCUT2D eigenvalue weighted by Gasteiger charge is 2.36. The SMILES string of the molecule is O=C(COC(=O)c1ccccc1N/C=C/C(=O)C(F)(F)F)Nc1ccccc1N1CCCC1=O. The quantitative estimate of drug-likeness (QED) is 0.446. The fourth-order valence-electron chi connectivity index (χ4n) is 3.20. The second-order valence-electron chi connectivity index (χ2n) is 7.18. The van der Waals surface area contributed by atoms with Gasteiger partial charge in [-0.15, -0.1) is 0 Å². The number of carbonyl (C=O) groups is 4. The molecular weight excluding hydrogens is 455 g/mol. The summed E-state index contributed by atoms with van der Waals surface area (Å²) in [4.78, 5) is 49.3. The van der Waals surface area contributed by atoms with E-state index in [1.165, 1.54) is 24.3 Å². The zero-order chi connectivity index (χ0) is 24.7. The normalized spacial score (nSPS) is 13.7. The summed E-state index contributed by atoms with van der Waals surface area (Å²) in [6.45, 7) is -0.106. The predicted octanol–water partition coefficient (Wildman–Crippen LogP) is 3.67. The van der Waals surface area contributed by atoms with Crippen molar-refractivity contribution in [1.29, 1.82) is 0 Å². The molecule has 1 aliphatic heterocycles. The molecule has 1 fully saturated rings. The molecule has 0 atom stereocenters. The molecule has 1 heterocycles. The summed E-state index contributed by atoms with van der Waals surface area (Å²) in [5, 5.41) is 5.04. The Labute approximate surface area is 192 Å². The van der Waals surface area contributed by atoms with E-state index >= 15 is 0 Å². The number of ether oxygens (including phenoxy) is 1. The Morgan fingerprint density at radius 1 is 1.03 bits per heavy atom. The van der Waals surface area contributed by atoms with Crippen LogP contribution in [0, 0.1) is 0 Å². The number of alkyl halides is 3. The van der Waals surface area contributed by atoms with Gasteiger partial charge in [-0.05, 0) is 30.7 Å². The number of para-hydroxylation sites is 3. The number of rotatable bonds is 8. The minimum Gasteiger partial charge on any atom is -0.452 e. The molecular formula is C23H20F3N3O5. The van der Waals surface area contributed by atoms with Gasteiger partial charge in [0.25, 0.3) is 11.7 Å². The maximum Gasteiger partial charge on any atom is 0.454 e. The molecule has 0 bridgehead atoms. The number of halogens is 3. The molecule has 0 aromatic heterocycles. The number of allylic oxidation sites excluding steroid dienone is 1. The molecule has 178 valence electrons. The molecule has 2 N–H and O–H groups in total. The summed E-state index contributed by atoms with van der Waals surface area (Å²) in [7, 11) is 0. The third kappa shape index (κ3) is 6.21. The molecule has 11 heteroatoms. The second-order valence-corrected chi connectivity index (χ2v) is 7.18. The highest BCUT2D eigenvalue weighted by Crippen LogP contribution is 2.29. The Hall–Kier alpha value is -4.15. The average molecular weight is 475 g/mol. The van der Waals surface area contributed by atoms with Gasteiger partial charge in [-0.1, -0.05) is 24.3 Å². The topological polar surface area (TPSA) is 105 Å². The van der Waals surface area contributed by atoms with Crippen LogP contribution < -0.4 is 15.5 Å². The highest BCUT2D eigenvalue weighted by atomic mass is 19.4. The molecule has 2 aromatic rings. The third-order valence-corrected chi connectivity index (χ3v) is 4.78. The summed E-state index contributed by atoms with van der Waals surface area (Å²) in [5.41, 5.74) is 0.958. The molecule has 2 amide bonds. The molecule has 0 unspecified atom stereocenters. The van der Waals surface area contributed by atoms with Crippen LogP contribution in [0.2, 0.25) is 0 Å². The van der Waals surface area contributed by atoms with E-state index in [1.807, 2.05) is 0 Å². The summed E-state index contributed by atoms with van der Waals surface area (Å²) in [6, 6.07) is 12.5. The molecule has 1 saturated heterocycles. The van der Waals surface area contributed by atoms with Crippen molar-refractivity contribution >= 4 is 40.6 Å². The van der Waals surface area contributed by atoms with Crippen molar-refractivity contribution in [3.63, 3.8) is 0 Å². The number of esters is 1. The first-order valence-corrected chi connectivity index (χ1v) is 10.2. The van der Waals surface area contributed by atoms with E-state index < -0.39 is 30.4 Å². The number of hydrogen-bond donors (Lipinski definition) is 2. The Morgan fingerprint density at radius 2 is 1.71 bits per heavy atom. The lowest BCUT2D eigenvalue weighted by molar-refractivity contribution is -0.165. The van der Waals surface area contributed by atoms with E-state index in [0.717, 1.165) is 6.20 Å². The lowest BCUT2D eigenvalue weighted by atomic mass is 10.2. The Morgan fingerprint density at radius 3 is 2.38 bits per heavy atom. The third-order valence-electron chi connectivity index (χ3n) is 4.78. The van der Waals surface area contributed by atoms with Gasteiger partial charge in [-0.2, -0.15) is 13.2 Å². The predicted molar refractivity (Wildman–Crippen MR) is 117 cm³/mol. The molecule has 0 spiro atoms. The van der Waals surface area contributed by atoms with Crippen LogP contribution in [0.4, 0.5) is 30.2 Å². The van der Waals surface area contributed by atoms with Crippen LogP contribution in [0.1, 0.15) is 23.2 Å².